The Morgan fingerprint density at radius 2 is 1.52 bits per heavy atom. The maximum absolute atomic E-state index is 12.6. The van der Waals surface area contributed by atoms with Gasteiger partial charge in [0.1, 0.15) is 0 Å². The molecule has 166 valence electrons. The van der Waals surface area contributed by atoms with E-state index < -0.39 is 0 Å². The molecule has 1 aliphatic rings. The first-order valence-electron chi connectivity index (χ1n) is 11.5. The highest BCUT2D eigenvalue weighted by Gasteiger charge is 2.19. The number of anilines is 1. The van der Waals surface area contributed by atoms with Crippen LogP contribution < -0.4 is 10.2 Å². The topological polar surface area (TPSA) is 49.4 Å². The van der Waals surface area contributed by atoms with Crippen molar-refractivity contribution < 1.29 is 9.59 Å². The molecule has 1 saturated heterocycles. The largest absolute Gasteiger partial charge is 0.345 e. The predicted molar refractivity (Wildman–Crippen MR) is 132 cm³/mol. The average molecular weight is 437 g/mol. The third kappa shape index (κ3) is 6.11. The molecule has 4 rings (SSSR count). The molecule has 33 heavy (non-hydrogen) atoms. The summed E-state index contributed by atoms with van der Waals surface area (Å²) in [5.74, 6) is 6.29. The smallest absolute Gasteiger partial charge is 0.226 e. The first-order chi connectivity index (χ1) is 16.2. The predicted octanol–water partition coefficient (Wildman–Crippen LogP) is 4.89. The summed E-state index contributed by atoms with van der Waals surface area (Å²) in [5, 5.41) is 2.93. The second kappa shape index (κ2) is 11.2. The molecule has 1 heterocycles. The Morgan fingerprint density at radius 3 is 2.12 bits per heavy atom. The van der Waals surface area contributed by atoms with Crippen LogP contribution in [0.2, 0.25) is 0 Å². The molecule has 0 atom stereocenters. The summed E-state index contributed by atoms with van der Waals surface area (Å²) in [6.07, 6.45) is 3.01. The lowest BCUT2D eigenvalue weighted by Crippen LogP contribution is -2.35. The van der Waals surface area contributed by atoms with E-state index in [1.54, 1.807) is 0 Å². The van der Waals surface area contributed by atoms with Crippen LogP contribution in [0.1, 0.15) is 48.3 Å². The number of hydrogen-bond acceptors (Lipinski definition) is 2. The lowest BCUT2D eigenvalue weighted by atomic mass is 9.88. The maximum atomic E-state index is 12.6. The van der Waals surface area contributed by atoms with E-state index in [0.29, 0.717) is 19.4 Å². The minimum Gasteiger partial charge on any atom is -0.345 e. The van der Waals surface area contributed by atoms with E-state index in [2.05, 4.69) is 41.4 Å². The molecule has 0 aromatic heterocycles. The number of benzene rings is 3. The summed E-state index contributed by atoms with van der Waals surface area (Å²) in [7, 11) is 0. The summed E-state index contributed by atoms with van der Waals surface area (Å²) in [6.45, 7) is 1.07. The van der Waals surface area contributed by atoms with Gasteiger partial charge in [0.25, 0.3) is 0 Å². The Balaban J connectivity index is 1.33. The quantitative estimate of drug-likeness (QED) is 0.559. The van der Waals surface area contributed by atoms with Gasteiger partial charge in [0.15, 0.2) is 0 Å². The SMILES string of the molecule is O=C(CC(c1ccccc1)c1ccccc1)NCC#Cc1ccc(N2CCCCC2=O)cc1. The van der Waals surface area contributed by atoms with Gasteiger partial charge in [-0.1, -0.05) is 72.5 Å². The summed E-state index contributed by atoms with van der Waals surface area (Å²) in [6, 6.07) is 27.9. The average Bonchev–Trinajstić information content (AvgIpc) is 2.87. The van der Waals surface area contributed by atoms with E-state index in [1.165, 1.54) is 0 Å². The van der Waals surface area contributed by atoms with Gasteiger partial charge in [-0.2, -0.15) is 0 Å². The number of hydrogen-bond donors (Lipinski definition) is 1. The van der Waals surface area contributed by atoms with Crippen LogP contribution in [0.25, 0.3) is 0 Å². The Hall–Kier alpha value is -3.84. The molecule has 2 amide bonds. The normalized spacial score (nSPS) is 13.4. The van der Waals surface area contributed by atoms with E-state index >= 15 is 0 Å². The minimum absolute atomic E-state index is 0.00500. The Labute approximate surface area is 195 Å². The van der Waals surface area contributed by atoms with Crippen molar-refractivity contribution >= 4 is 17.5 Å². The van der Waals surface area contributed by atoms with Gasteiger partial charge in [0, 0.05) is 36.6 Å². The summed E-state index contributed by atoms with van der Waals surface area (Å²) in [4.78, 5) is 26.6. The first kappa shape index (κ1) is 22.4. The number of nitrogens with zero attached hydrogens (tertiary/aromatic N) is 1. The highest BCUT2D eigenvalue weighted by atomic mass is 16.2. The number of rotatable bonds is 6. The first-order valence-corrected chi connectivity index (χ1v) is 11.5. The second-order valence-electron chi connectivity index (χ2n) is 8.21. The van der Waals surface area contributed by atoms with Crippen molar-refractivity contribution in [3.63, 3.8) is 0 Å². The number of carbonyl (C=O) groups excluding carboxylic acids is 2. The molecule has 4 heteroatoms. The zero-order valence-electron chi connectivity index (χ0n) is 18.7. The Morgan fingerprint density at radius 1 is 0.879 bits per heavy atom. The van der Waals surface area contributed by atoms with Crippen LogP contribution in [-0.2, 0) is 9.59 Å². The van der Waals surface area contributed by atoms with Crippen molar-refractivity contribution in [3.8, 4) is 11.8 Å². The van der Waals surface area contributed by atoms with Gasteiger partial charge >= 0.3 is 0 Å². The molecule has 0 spiro atoms. The fourth-order valence-electron chi connectivity index (χ4n) is 4.15. The number of carbonyl (C=O) groups is 2. The van der Waals surface area contributed by atoms with Crippen LogP contribution in [-0.4, -0.2) is 24.9 Å². The lowest BCUT2D eigenvalue weighted by Gasteiger charge is -2.26. The van der Waals surface area contributed by atoms with Gasteiger partial charge in [-0.15, -0.1) is 0 Å². The van der Waals surface area contributed by atoms with Crippen LogP contribution in [0.15, 0.2) is 84.9 Å². The minimum atomic E-state index is -0.0269. The van der Waals surface area contributed by atoms with Crippen molar-refractivity contribution in [3.05, 3.63) is 102 Å². The third-order valence-electron chi connectivity index (χ3n) is 5.90. The third-order valence-corrected chi connectivity index (χ3v) is 5.90. The fourth-order valence-corrected chi connectivity index (χ4v) is 4.15. The fraction of sp³-hybridized carbons (Fsp3) is 0.241. The summed E-state index contributed by atoms with van der Waals surface area (Å²) in [5.41, 5.74) is 4.03. The summed E-state index contributed by atoms with van der Waals surface area (Å²) >= 11 is 0. The van der Waals surface area contributed by atoms with Gasteiger partial charge in [0.2, 0.25) is 11.8 Å². The standard InChI is InChI=1S/C29H28N2O2/c32-28(22-27(24-11-3-1-4-12-24)25-13-5-2-6-14-25)30-20-9-10-23-16-18-26(19-17-23)31-21-8-7-15-29(31)33/h1-6,11-14,16-19,27H,7-8,15,20-22H2,(H,30,32). The van der Waals surface area contributed by atoms with Crippen LogP contribution in [0, 0.1) is 11.8 Å². The van der Waals surface area contributed by atoms with Crippen LogP contribution in [0.4, 0.5) is 5.69 Å². The van der Waals surface area contributed by atoms with Crippen molar-refractivity contribution in [1.82, 2.24) is 5.32 Å². The van der Waals surface area contributed by atoms with E-state index in [9.17, 15) is 9.59 Å². The lowest BCUT2D eigenvalue weighted by molar-refractivity contribution is -0.121. The number of nitrogens with one attached hydrogen (secondary N) is 1. The van der Waals surface area contributed by atoms with Crippen molar-refractivity contribution in [2.45, 2.75) is 31.6 Å². The van der Waals surface area contributed by atoms with Gasteiger partial charge in [-0.3, -0.25) is 9.59 Å². The van der Waals surface area contributed by atoms with E-state index in [0.717, 1.165) is 41.8 Å². The van der Waals surface area contributed by atoms with E-state index in [-0.39, 0.29) is 17.7 Å². The Kier molecular flexibility index (Phi) is 7.56. The second-order valence-corrected chi connectivity index (χ2v) is 8.21. The van der Waals surface area contributed by atoms with Gasteiger partial charge in [0.05, 0.1) is 6.54 Å². The maximum Gasteiger partial charge on any atom is 0.226 e. The van der Waals surface area contributed by atoms with E-state index in [4.69, 9.17) is 0 Å². The molecule has 4 nitrogen and oxygen atoms in total. The number of amides is 2. The molecule has 0 bridgehead atoms. The van der Waals surface area contributed by atoms with Crippen molar-refractivity contribution in [1.29, 1.82) is 0 Å². The molecule has 3 aromatic carbocycles. The molecular weight excluding hydrogens is 408 g/mol. The highest BCUT2D eigenvalue weighted by Crippen LogP contribution is 2.27. The molecule has 3 aromatic rings. The molecule has 0 aliphatic carbocycles. The Bertz CT molecular complexity index is 1090. The zero-order valence-corrected chi connectivity index (χ0v) is 18.7. The monoisotopic (exact) mass is 436 g/mol. The summed E-state index contributed by atoms with van der Waals surface area (Å²) < 4.78 is 0. The molecule has 0 saturated carbocycles. The highest BCUT2D eigenvalue weighted by molar-refractivity contribution is 5.94. The van der Waals surface area contributed by atoms with Gasteiger partial charge in [-0.05, 0) is 48.2 Å². The van der Waals surface area contributed by atoms with Gasteiger partial charge < -0.3 is 10.2 Å². The van der Waals surface area contributed by atoms with Gasteiger partial charge in [-0.25, -0.2) is 0 Å². The zero-order chi connectivity index (χ0) is 22.9. The molecule has 1 aliphatic heterocycles. The van der Waals surface area contributed by atoms with Crippen molar-refractivity contribution in [2.24, 2.45) is 0 Å². The van der Waals surface area contributed by atoms with E-state index in [1.807, 2.05) is 65.6 Å². The molecule has 1 fully saturated rings. The van der Waals surface area contributed by atoms with Crippen LogP contribution in [0.5, 0.6) is 0 Å². The molecular formula is C29H28N2O2. The number of piperidine rings is 1. The molecule has 1 N–H and O–H groups in total. The van der Waals surface area contributed by atoms with Crippen molar-refractivity contribution in [2.75, 3.05) is 18.0 Å². The van der Waals surface area contributed by atoms with Crippen LogP contribution >= 0.6 is 0 Å². The van der Waals surface area contributed by atoms with Crippen LogP contribution in [0.3, 0.4) is 0 Å². The molecule has 0 unspecified atom stereocenters. The molecule has 0 radical (unpaired) electrons.